The molecule has 23 nitrogen and oxygen atoms in total. The summed E-state index contributed by atoms with van der Waals surface area (Å²) in [6.07, 6.45) is 11.4. The quantitative estimate of drug-likeness (QED) is 0.0135. The maximum atomic E-state index is 13.1. The number of carbonyl (C=O) groups is 8. The van der Waals surface area contributed by atoms with Crippen LogP contribution in [0.1, 0.15) is 174 Å². The van der Waals surface area contributed by atoms with Crippen LogP contribution in [-0.2, 0) is 67.4 Å². The van der Waals surface area contributed by atoms with Gasteiger partial charge in [-0.05, 0) is 12.8 Å². The first-order valence-electron chi connectivity index (χ1n) is 20.9. The van der Waals surface area contributed by atoms with Crippen LogP contribution in [0, 0.1) is 0 Å². The van der Waals surface area contributed by atoms with E-state index in [2.05, 4.69) is 13.8 Å². The van der Waals surface area contributed by atoms with Crippen molar-refractivity contribution >= 4 is 57.9 Å². The van der Waals surface area contributed by atoms with Gasteiger partial charge >= 0.3 is 47.8 Å². The summed E-state index contributed by atoms with van der Waals surface area (Å²) < 4.78 is 53.9. The molecular weight excluding hydrogens is 873 g/mol. The van der Waals surface area contributed by atoms with Gasteiger partial charge in [0.1, 0.15) is 0 Å². The van der Waals surface area contributed by atoms with Gasteiger partial charge in [0, 0.05) is 0 Å². The van der Waals surface area contributed by atoms with Crippen molar-refractivity contribution in [2.75, 3.05) is 13.2 Å². The summed E-state index contributed by atoms with van der Waals surface area (Å²) in [5.41, 5.74) is -6.53. The number of esters is 4. The maximum Gasteiger partial charge on any atom is 0.349 e. The first kappa shape index (κ1) is 68.6. The Bertz CT molecular complexity index is 1500. The average Bonchev–Trinajstić information content (AvgIpc) is 3.13. The van der Waals surface area contributed by atoms with Crippen molar-refractivity contribution < 1.29 is 90.7 Å². The Labute approximate surface area is 376 Å². The number of hydrogen-bond donors (Lipinski definition) is 9. The van der Waals surface area contributed by atoms with Crippen LogP contribution >= 0.6 is 0 Å². The van der Waals surface area contributed by atoms with Crippen molar-refractivity contribution in [1.29, 1.82) is 0 Å². The lowest BCUT2D eigenvalue weighted by atomic mass is 9.94. The molecule has 0 aromatic carbocycles. The van der Waals surface area contributed by atoms with E-state index in [0.717, 1.165) is 77.0 Å². The third-order valence-electron chi connectivity index (χ3n) is 9.61. The number of ether oxygens (including phenoxy) is 4. The molecule has 3 unspecified atom stereocenters. The number of carbonyl (C=O) groups excluding carboxylic acids is 4. The van der Waals surface area contributed by atoms with Gasteiger partial charge in [0.2, 0.25) is 11.2 Å². The van der Waals surface area contributed by atoms with Crippen molar-refractivity contribution in [3.63, 3.8) is 0 Å². The minimum atomic E-state index is -5.79. The summed E-state index contributed by atoms with van der Waals surface area (Å²) in [5, 5.41) is 35.5. The number of hydrogen-bond acceptors (Lipinski definition) is 18. The van der Waals surface area contributed by atoms with Crippen molar-refractivity contribution in [1.82, 2.24) is 24.6 Å². The average molecular weight is 951 g/mol. The molecular formula is C40H78N4O19S. The van der Waals surface area contributed by atoms with Crippen LogP contribution in [0.25, 0.3) is 0 Å². The summed E-state index contributed by atoms with van der Waals surface area (Å²) in [7, 11) is -5.79. The van der Waals surface area contributed by atoms with Gasteiger partial charge in [-0.25, -0.2) is 9.59 Å². The van der Waals surface area contributed by atoms with Gasteiger partial charge in [0.25, 0.3) is 10.1 Å². The van der Waals surface area contributed by atoms with E-state index >= 15 is 0 Å². The van der Waals surface area contributed by atoms with E-state index in [0.29, 0.717) is 25.7 Å². The van der Waals surface area contributed by atoms with Crippen LogP contribution in [0.3, 0.4) is 0 Å². The molecule has 0 aliphatic rings. The minimum absolute atomic E-state index is 0. The predicted molar refractivity (Wildman–Crippen MR) is 232 cm³/mol. The number of carboxylic acids is 4. The summed E-state index contributed by atoms with van der Waals surface area (Å²) in [6, 6.07) is 0. The lowest BCUT2D eigenvalue weighted by Crippen LogP contribution is -2.51. The molecule has 0 aliphatic carbocycles. The Morgan fingerprint density at radius 1 is 0.453 bits per heavy atom. The summed E-state index contributed by atoms with van der Waals surface area (Å²) in [6.45, 7) is 3.86. The van der Waals surface area contributed by atoms with Gasteiger partial charge < -0.3 is 64.0 Å². The molecule has 0 fully saturated rings. The molecule has 0 aliphatic heterocycles. The molecule has 0 aromatic heterocycles. The fraction of sp³-hybridized carbons (Fsp3) is 0.800. The highest BCUT2D eigenvalue weighted by molar-refractivity contribution is 7.87. The van der Waals surface area contributed by atoms with E-state index in [1.807, 2.05) is 0 Å². The zero-order valence-electron chi connectivity index (χ0n) is 37.9. The monoisotopic (exact) mass is 950 g/mol. The van der Waals surface area contributed by atoms with Gasteiger partial charge in [0.15, 0.2) is 5.25 Å². The van der Waals surface area contributed by atoms with Crippen molar-refractivity contribution in [3.05, 3.63) is 0 Å². The zero-order chi connectivity index (χ0) is 45.6. The highest BCUT2D eigenvalue weighted by atomic mass is 32.2. The van der Waals surface area contributed by atoms with Crippen LogP contribution < -0.4 is 24.6 Å². The molecule has 0 bridgehead atoms. The largest absolute Gasteiger partial charge is 0.481 e. The Morgan fingerprint density at radius 2 is 0.750 bits per heavy atom. The van der Waals surface area contributed by atoms with E-state index < -0.39 is 106 Å². The molecule has 64 heavy (non-hydrogen) atoms. The van der Waals surface area contributed by atoms with Gasteiger partial charge in [-0.3, -0.25) is 33.3 Å². The Morgan fingerprint density at radius 3 is 1.03 bits per heavy atom. The van der Waals surface area contributed by atoms with E-state index in [1.54, 1.807) is 0 Å². The highest BCUT2D eigenvalue weighted by Gasteiger charge is 2.52. The first-order valence-corrected chi connectivity index (χ1v) is 22.4. The molecule has 378 valence electrons. The molecule has 0 aromatic rings. The summed E-state index contributed by atoms with van der Waals surface area (Å²) >= 11 is 0. The second-order valence-corrected chi connectivity index (χ2v) is 16.6. The summed E-state index contributed by atoms with van der Waals surface area (Å²) in [5.74, 6) is -15.1. The predicted octanol–water partition coefficient (Wildman–Crippen LogP) is 6.67. The number of rotatable bonds is 38. The number of carboxylic acid groups (broad SMARTS) is 4. The smallest absolute Gasteiger partial charge is 0.349 e. The standard InChI is InChI=1S/C40H66O19S.4H3N/c1-3-5-7-9-11-13-15-17-19-21-23-56-34(46)28-39(37(49)50,26-31(41)42)58-33(45)25-30(60(53,54)55)36(48)59-40(38(51)52,27-32(43)44)29-35(47)57-24-22-20-18-16-14-12-10-8-6-4-2;;;;/h30H,3-29H2,1-2H3,(H,41,42)(H,43,44)(H,49,50)(H,51,52)(H,53,54,55);4*1H3. The molecule has 0 saturated heterocycles. The normalized spacial score (nSPS) is 13.0. The molecule has 17 N–H and O–H groups in total. The van der Waals surface area contributed by atoms with Crippen molar-refractivity contribution in [2.24, 2.45) is 0 Å². The van der Waals surface area contributed by atoms with Crippen LogP contribution in [-0.4, -0.2) is 111 Å². The first-order chi connectivity index (χ1) is 28.2. The lowest BCUT2D eigenvalue weighted by molar-refractivity contribution is -0.190. The van der Waals surface area contributed by atoms with Gasteiger partial charge in [-0.1, -0.05) is 129 Å². The molecule has 0 heterocycles. The highest BCUT2D eigenvalue weighted by Crippen LogP contribution is 2.28. The van der Waals surface area contributed by atoms with Crippen LogP contribution in [0.15, 0.2) is 0 Å². The number of unbranched alkanes of at least 4 members (excludes halogenated alkanes) is 18. The molecule has 0 saturated carbocycles. The van der Waals surface area contributed by atoms with Gasteiger partial charge in [-0.15, -0.1) is 0 Å². The van der Waals surface area contributed by atoms with Gasteiger partial charge in [0.05, 0.1) is 45.3 Å². The SMILES string of the molecule is CCCCCCCCCCCCOC(=O)CC(CC(=O)O)(OC(=O)CC(C(=O)OC(CC(=O)O)(CC(=O)OCCCCCCCCCCCC)C(=O)O)S(=O)(=O)O)C(=O)O.N.N.N.N. The maximum absolute atomic E-state index is 13.1. The lowest BCUT2D eigenvalue weighted by Gasteiger charge is -2.29. The van der Waals surface area contributed by atoms with Crippen molar-refractivity contribution in [3.8, 4) is 0 Å². The van der Waals surface area contributed by atoms with E-state index in [4.69, 9.17) is 18.9 Å². The Hall–Kier alpha value is -4.49. The molecule has 0 rings (SSSR count). The third-order valence-corrected chi connectivity index (χ3v) is 10.7. The van der Waals surface area contributed by atoms with Crippen LogP contribution in [0.2, 0.25) is 0 Å². The van der Waals surface area contributed by atoms with E-state index in [1.165, 1.54) is 25.7 Å². The number of aliphatic carboxylic acids is 4. The topological polar surface area (TPSA) is 449 Å². The van der Waals surface area contributed by atoms with Crippen LogP contribution in [0.4, 0.5) is 0 Å². The van der Waals surface area contributed by atoms with E-state index in [9.17, 15) is 71.8 Å². The second kappa shape index (κ2) is 37.8. The molecule has 0 spiro atoms. The second-order valence-electron chi connectivity index (χ2n) is 15.0. The molecule has 0 radical (unpaired) electrons. The van der Waals surface area contributed by atoms with Crippen LogP contribution in [0.5, 0.6) is 0 Å². The Balaban J connectivity index is -0.00000290. The minimum Gasteiger partial charge on any atom is -0.481 e. The molecule has 24 heteroatoms. The fourth-order valence-electron chi connectivity index (χ4n) is 6.25. The molecule has 0 amide bonds. The van der Waals surface area contributed by atoms with Gasteiger partial charge in [-0.2, -0.15) is 8.42 Å². The Kier molecular flexibility index (Phi) is 40.5. The fourth-order valence-corrected chi connectivity index (χ4v) is 6.88. The summed E-state index contributed by atoms with van der Waals surface area (Å²) in [4.78, 5) is 99.3. The zero-order valence-corrected chi connectivity index (χ0v) is 38.7. The van der Waals surface area contributed by atoms with E-state index in [-0.39, 0.29) is 37.8 Å². The van der Waals surface area contributed by atoms with Crippen molar-refractivity contribution in [2.45, 2.75) is 191 Å². The molecule has 3 atom stereocenters. The third kappa shape index (κ3) is 30.6.